The van der Waals surface area contributed by atoms with Crippen LogP contribution in [0.4, 0.5) is 0 Å². The second-order valence-electron chi connectivity index (χ2n) is 38.5. The molecule has 6 aliphatic carbocycles. The molecule has 2 heteroatoms. The second kappa shape index (κ2) is 29.6. The number of rotatable bonds is 22. The molecule has 2 heterocycles. The minimum atomic E-state index is -0.673. The van der Waals surface area contributed by atoms with Gasteiger partial charge < -0.3 is 9.13 Å². The van der Waals surface area contributed by atoms with Crippen LogP contribution in [0, 0.1) is 0 Å². The molecule has 0 saturated carbocycles. The maximum absolute atomic E-state index is 2.62. The van der Waals surface area contributed by atoms with Gasteiger partial charge in [-0.05, 0) is 326 Å². The summed E-state index contributed by atoms with van der Waals surface area (Å²) in [5.74, 6) is 0. The first-order valence-electron chi connectivity index (χ1n) is 48.2. The molecular formula is C125H110N2. The minimum absolute atomic E-state index is 0.0273. The average Bonchev–Trinajstić information content (AvgIpc) is 1.50. The van der Waals surface area contributed by atoms with E-state index in [-0.39, 0.29) is 21.7 Å². The van der Waals surface area contributed by atoms with Crippen molar-refractivity contribution in [3.63, 3.8) is 0 Å². The molecule has 0 unspecified atom stereocenters. The number of fused-ring (bicyclic) bond motifs is 28. The quantitative estimate of drug-likeness (QED) is 0.0640. The number of benzene rings is 16. The third-order valence-electron chi connectivity index (χ3n) is 31.9. The molecule has 0 N–H and O–H groups in total. The van der Waals surface area contributed by atoms with E-state index in [9.17, 15) is 0 Å². The SMILES string of the molecule is CCCC1(CCC)c2ccccc2-c2ccc(-c3ccc4c(c3)c3cc(-c5ccc6c(c5)C(CCC)(CCC)c5ccccc5-6)ccc3n4-c3ccc4c(c3)C3(c5ccccc5-c5ccccc53)c3cc(-n5c6ccc(-c7ccc8c(c7)C(CCC)(CCC)c7ccccc7-8)cc6c6cc(-c7ccc8c(c7)C(CCC)(CCC)c7ccccc7-8)ccc65)ccc3-4)cc21. The van der Waals surface area contributed by atoms with Crippen LogP contribution in [0.3, 0.4) is 0 Å². The Morgan fingerprint density at radius 3 is 0.598 bits per heavy atom. The van der Waals surface area contributed by atoms with E-state index in [4.69, 9.17) is 0 Å². The topological polar surface area (TPSA) is 9.86 Å². The molecule has 24 rings (SSSR count). The van der Waals surface area contributed by atoms with Gasteiger partial charge in [0.15, 0.2) is 0 Å². The van der Waals surface area contributed by atoms with E-state index in [1.165, 1.54) is 222 Å². The zero-order chi connectivity index (χ0) is 85.4. The Kier molecular flexibility index (Phi) is 18.1. The molecule has 1 spiro atoms. The summed E-state index contributed by atoms with van der Waals surface area (Å²) in [6.45, 7) is 19.0. The molecule has 6 aliphatic rings. The van der Waals surface area contributed by atoms with E-state index in [1.807, 2.05) is 0 Å². The van der Waals surface area contributed by atoms with Gasteiger partial charge in [0.05, 0.1) is 27.5 Å². The maximum Gasteiger partial charge on any atom is 0.0727 e. The summed E-state index contributed by atoms with van der Waals surface area (Å²) < 4.78 is 5.24. The van der Waals surface area contributed by atoms with Gasteiger partial charge >= 0.3 is 0 Å². The van der Waals surface area contributed by atoms with Crippen LogP contribution < -0.4 is 0 Å². The zero-order valence-corrected chi connectivity index (χ0v) is 74.9. The van der Waals surface area contributed by atoms with Gasteiger partial charge in [-0.2, -0.15) is 0 Å². The van der Waals surface area contributed by atoms with Crippen molar-refractivity contribution < 1.29 is 0 Å². The Morgan fingerprint density at radius 1 is 0.165 bits per heavy atom. The molecule has 0 fully saturated rings. The first-order chi connectivity index (χ1) is 62.5. The minimum Gasteiger partial charge on any atom is -0.309 e. The third kappa shape index (κ3) is 10.8. The normalized spacial score (nSPS) is 15.1. The summed E-state index contributed by atoms with van der Waals surface area (Å²) in [5.41, 5.74) is 50.1. The molecule has 0 aliphatic heterocycles. The van der Waals surface area contributed by atoms with Crippen LogP contribution in [0.2, 0.25) is 0 Å². The number of nitrogens with zero attached hydrogens (tertiary/aromatic N) is 2. The van der Waals surface area contributed by atoms with Gasteiger partial charge in [-0.3, -0.25) is 0 Å². The van der Waals surface area contributed by atoms with Crippen LogP contribution in [-0.4, -0.2) is 9.13 Å². The predicted molar refractivity (Wildman–Crippen MR) is 537 cm³/mol. The lowest BCUT2D eigenvalue weighted by molar-refractivity contribution is 0.436. The number of aromatic nitrogens is 2. The molecule has 0 bridgehead atoms. The number of hydrogen-bond donors (Lipinski definition) is 0. The molecule has 16 aromatic carbocycles. The molecule has 0 saturated heterocycles. The highest BCUT2D eigenvalue weighted by Crippen LogP contribution is 2.66. The van der Waals surface area contributed by atoms with Crippen LogP contribution in [-0.2, 0) is 27.1 Å². The standard InChI is InChI=1S/C125H110N2/c1-9-61-121(62-10-2)105-35-23-17-29-89(105)95-51-41-83(73-111(95)121)79-45-57-117-101(69-79)102-70-80(84-42-52-96-90-30-18-24-36-106(90)122(63-11-3,64-12-4)112(96)74-84)46-58-118(102)126(117)87-49-55-99-100-56-50-88(78-116(100)125(115(99)77-87)109-39-27-21-33-93(109)94-34-22-28-40-110(94)125)127-119-59-47-81(85-43-53-97-91-31-19-25-37-107(91)123(65-13-5,66-14-6)113(97)75-85)71-103(119)104-72-82(48-60-120(104)127)86-44-54-98-92-32-20-26-38-108(92)124(67-15-7,68-16-8)114(98)76-86/h17-60,69-78H,9-16,61-68H2,1-8H3. The Balaban J connectivity index is 0.699. The fourth-order valence-corrected chi connectivity index (χ4v) is 27.3. The first-order valence-corrected chi connectivity index (χ1v) is 48.2. The Morgan fingerprint density at radius 2 is 0.354 bits per heavy atom. The van der Waals surface area contributed by atoms with Crippen molar-refractivity contribution >= 4 is 43.6 Å². The van der Waals surface area contributed by atoms with Gasteiger partial charge in [-0.1, -0.05) is 337 Å². The van der Waals surface area contributed by atoms with Crippen molar-refractivity contribution in [1.29, 1.82) is 0 Å². The van der Waals surface area contributed by atoms with Crippen molar-refractivity contribution in [1.82, 2.24) is 9.13 Å². The summed E-state index contributed by atoms with van der Waals surface area (Å²) in [6.07, 6.45) is 18.0. The van der Waals surface area contributed by atoms with E-state index in [0.29, 0.717) is 0 Å². The second-order valence-corrected chi connectivity index (χ2v) is 38.5. The summed E-state index contributed by atoms with van der Waals surface area (Å²) in [6, 6.07) is 131. The summed E-state index contributed by atoms with van der Waals surface area (Å²) in [7, 11) is 0. The maximum atomic E-state index is 2.62. The van der Waals surface area contributed by atoms with E-state index >= 15 is 0 Å². The van der Waals surface area contributed by atoms with Crippen LogP contribution in [0.25, 0.3) is 166 Å². The Labute approximate surface area is 749 Å². The molecule has 620 valence electrons. The van der Waals surface area contributed by atoms with Crippen molar-refractivity contribution in [2.45, 2.75) is 185 Å². The molecule has 127 heavy (non-hydrogen) atoms. The highest BCUT2D eigenvalue weighted by atomic mass is 15.0. The largest absolute Gasteiger partial charge is 0.309 e. The Bertz CT molecular complexity index is 6790. The smallest absolute Gasteiger partial charge is 0.0727 e. The fourth-order valence-electron chi connectivity index (χ4n) is 27.3. The van der Waals surface area contributed by atoms with Crippen molar-refractivity contribution in [2.75, 3.05) is 0 Å². The van der Waals surface area contributed by atoms with Gasteiger partial charge in [-0.25, -0.2) is 0 Å². The lowest BCUT2D eigenvalue weighted by Gasteiger charge is -2.32. The molecule has 18 aromatic rings. The molecular weight excluding hydrogens is 1530 g/mol. The summed E-state index contributed by atoms with van der Waals surface area (Å²) in [4.78, 5) is 0. The molecule has 0 radical (unpaired) electrons. The van der Waals surface area contributed by atoms with Crippen LogP contribution in [0.5, 0.6) is 0 Å². The average molecular weight is 1640 g/mol. The number of hydrogen-bond acceptors (Lipinski definition) is 0. The van der Waals surface area contributed by atoms with Gasteiger partial charge in [-0.15, -0.1) is 0 Å². The van der Waals surface area contributed by atoms with Gasteiger partial charge in [0.25, 0.3) is 0 Å². The summed E-state index contributed by atoms with van der Waals surface area (Å²) in [5, 5.41) is 5.04. The first kappa shape index (κ1) is 77.7. The van der Waals surface area contributed by atoms with Gasteiger partial charge in [0.2, 0.25) is 0 Å². The predicted octanol–water partition coefficient (Wildman–Crippen LogP) is 34.4. The third-order valence-corrected chi connectivity index (χ3v) is 31.9. The van der Waals surface area contributed by atoms with E-state index in [1.54, 1.807) is 0 Å². The highest BCUT2D eigenvalue weighted by molar-refractivity contribution is 6.14. The van der Waals surface area contributed by atoms with Gasteiger partial charge in [0.1, 0.15) is 0 Å². The Hall–Kier alpha value is -12.9. The van der Waals surface area contributed by atoms with Crippen LogP contribution in [0.15, 0.2) is 328 Å². The zero-order valence-electron chi connectivity index (χ0n) is 74.9. The fraction of sp³-hybridized carbons (Fsp3) is 0.232. The highest BCUT2D eigenvalue weighted by Gasteiger charge is 2.53. The van der Waals surface area contributed by atoms with Crippen LogP contribution in [0.1, 0.15) is 225 Å². The van der Waals surface area contributed by atoms with Gasteiger partial charge in [0, 0.05) is 54.6 Å². The van der Waals surface area contributed by atoms with Crippen molar-refractivity contribution in [3.8, 4) is 123 Å². The van der Waals surface area contributed by atoms with E-state index < -0.39 is 5.41 Å². The van der Waals surface area contributed by atoms with Crippen molar-refractivity contribution in [2.24, 2.45) is 0 Å². The molecule has 0 amide bonds. The lowest BCUT2D eigenvalue weighted by Crippen LogP contribution is -2.26. The molecule has 0 atom stereocenters. The summed E-state index contributed by atoms with van der Waals surface area (Å²) >= 11 is 0. The lowest BCUT2D eigenvalue weighted by atomic mass is 9.70. The van der Waals surface area contributed by atoms with Crippen LogP contribution >= 0.6 is 0 Å². The monoisotopic (exact) mass is 1640 g/mol. The van der Waals surface area contributed by atoms with Crippen molar-refractivity contribution in [3.05, 3.63) is 394 Å². The molecule has 2 nitrogen and oxygen atoms in total. The van der Waals surface area contributed by atoms with E-state index in [2.05, 4.69) is 392 Å². The van der Waals surface area contributed by atoms with E-state index in [0.717, 1.165) is 114 Å². The molecule has 2 aromatic heterocycles.